The highest BCUT2D eigenvalue weighted by Crippen LogP contribution is 2.31. The predicted molar refractivity (Wildman–Crippen MR) is 63.1 cm³/mol. The number of benzene rings is 1. The van der Waals surface area contributed by atoms with Gasteiger partial charge in [0, 0.05) is 5.69 Å². The SMILES string of the molecule is Cc1cccc(NC2CCCC2(C)O)c1. The molecule has 82 valence electrons. The maximum Gasteiger partial charge on any atom is 0.0819 e. The summed E-state index contributed by atoms with van der Waals surface area (Å²) in [6.07, 6.45) is 3.06. The molecule has 2 unspecified atom stereocenters. The van der Waals surface area contributed by atoms with Crippen molar-refractivity contribution in [1.82, 2.24) is 0 Å². The van der Waals surface area contributed by atoms with Gasteiger partial charge in [-0.25, -0.2) is 0 Å². The molecule has 0 radical (unpaired) electrons. The Morgan fingerprint density at radius 1 is 1.47 bits per heavy atom. The molecule has 0 aliphatic heterocycles. The summed E-state index contributed by atoms with van der Waals surface area (Å²) >= 11 is 0. The third kappa shape index (κ3) is 2.32. The van der Waals surface area contributed by atoms with E-state index in [1.165, 1.54) is 5.56 Å². The maximum atomic E-state index is 10.1. The molecule has 0 amide bonds. The first-order valence-corrected chi connectivity index (χ1v) is 5.63. The van der Waals surface area contributed by atoms with E-state index in [-0.39, 0.29) is 6.04 Å². The van der Waals surface area contributed by atoms with E-state index in [0.717, 1.165) is 24.9 Å². The molecule has 1 aromatic carbocycles. The van der Waals surface area contributed by atoms with Crippen LogP contribution in [0.1, 0.15) is 31.7 Å². The van der Waals surface area contributed by atoms with Gasteiger partial charge in [-0.15, -0.1) is 0 Å². The van der Waals surface area contributed by atoms with Crippen LogP contribution in [-0.4, -0.2) is 16.7 Å². The first kappa shape index (κ1) is 10.5. The molecule has 0 heterocycles. The molecule has 2 heteroatoms. The predicted octanol–water partition coefficient (Wildman–Crippen LogP) is 2.71. The molecule has 1 aliphatic carbocycles. The topological polar surface area (TPSA) is 32.3 Å². The van der Waals surface area contributed by atoms with E-state index in [4.69, 9.17) is 0 Å². The number of aryl methyl sites for hydroxylation is 1. The van der Waals surface area contributed by atoms with E-state index < -0.39 is 5.60 Å². The Morgan fingerprint density at radius 2 is 2.27 bits per heavy atom. The quantitative estimate of drug-likeness (QED) is 0.778. The van der Waals surface area contributed by atoms with Crippen LogP contribution in [0.15, 0.2) is 24.3 Å². The third-order valence-corrected chi connectivity index (χ3v) is 3.29. The summed E-state index contributed by atoms with van der Waals surface area (Å²) in [4.78, 5) is 0. The third-order valence-electron chi connectivity index (χ3n) is 3.29. The van der Waals surface area contributed by atoms with Crippen LogP contribution in [0.4, 0.5) is 5.69 Å². The lowest BCUT2D eigenvalue weighted by Crippen LogP contribution is -2.39. The summed E-state index contributed by atoms with van der Waals surface area (Å²) in [5, 5.41) is 13.5. The smallest absolute Gasteiger partial charge is 0.0819 e. The molecule has 1 fully saturated rings. The van der Waals surface area contributed by atoms with E-state index in [0.29, 0.717) is 0 Å². The second-order valence-corrected chi connectivity index (χ2v) is 4.82. The molecule has 0 spiro atoms. The molecule has 1 saturated carbocycles. The molecule has 2 atom stereocenters. The fourth-order valence-corrected chi connectivity index (χ4v) is 2.31. The van der Waals surface area contributed by atoms with Crippen molar-refractivity contribution in [3.8, 4) is 0 Å². The van der Waals surface area contributed by atoms with Crippen LogP contribution in [0.2, 0.25) is 0 Å². The lowest BCUT2D eigenvalue weighted by molar-refractivity contribution is 0.0578. The number of anilines is 1. The first-order chi connectivity index (χ1) is 7.08. The summed E-state index contributed by atoms with van der Waals surface area (Å²) < 4.78 is 0. The molecule has 2 rings (SSSR count). The van der Waals surface area contributed by atoms with E-state index in [2.05, 4.69) is 30.4 Å². The van der Waals surface area contributed by atoms with Gasteiger partial charge in [-0.3, -0.25) is 0 Å². The normalized spacial score (nSPS) is 30.5. The van der Waals surface area contributed by atoms with Crippen molar-refractivity contribution >= 4 is 5.69 Å². The molecule has 2 N–H and O–H groups in total. The van der Waals surface area contributed by atoms with Crippen molar-refractivity contribution in [2.45, 2.75) is 44.8 Å². The number of hydrogen-bond acceptors (Lipinski definition) is 2. The summed E-state index contributed by atoms with van der Waals surface area (Å²) in [6, 6.07) is 8.49. The van der Waals surface area contributed by atoms with Gasteiger partial charge in [0.2, 0.25) is 0 Å². The Hall–Kier alpha value is -1.02. The van der Waals surface area contributed by atoms with E-state index >= 15 is 0 Å². The molecule has 0 aromatic heterocycles. The fraction of sp³-hybridized carbons (Fsp3) is 0.538. The molecule has 0 bridgehead atoms. The Morgan fingerprint density at radius 3 is 2.87 bits per heavy atom. The lowest BCUT2D eigenvalue weighted by Gasteiger charge is -2.27. The van der Waals surface area contributed by atoms with Crippen LogP contribution in [-0.2, 0) is 0 Å². The number of nitrogens with one attached hydrogen (secondary N) is 1. The van der Waals surface area contributed by atoms with Crippen LogP contribution >= 0.6 is 0 Å². The van der Waals surface area contributed by atoms with Crippen molar-refractivity contribution in [3.63, 3.8) is 0 Å². The van der Waals surface area contributed by atoms with Gasteiger partial charge in [0.05, 0.1) is 11.6 Å². The fourth-order valence-electron chi connectivity index (χ4n) is 2.31. The summed E-state index contributed by atoms with van der Waals surface area (Å²) in [7, 11) is 0. The molecular formula is C13H19NO. The van der Waals surface area contributed by atoms with Crippen LogP contribution in [0, 0.1) is 6.92 Å². The number of rotatable bonds is 2. The van der Waals surface area contributed by atoms with Crippen LogP contribution in [0.25, 0.3) is 0 Å². The highest BCUT2D eigenvalue weighted by molar-refractivity contribution is 5.47. The van der Waals surface area contributed by atoms with E-state index in [1.807, 2.05) is 13.0 Å². The zero-order chi connectivity index (χ0) is 10.9. The van der Waals surface area contributed by atoms with Gasteiger partial charge < -0.3 is 10.4 Å². The van der Waals surface area contributed by atoms with Crippen LogP contribution in [0.5, 0.6) is 0 Å². The van der Waals surface area contributed by atoms with Gasteiger partial charge in [0.25, 0.3) is 0 Å². The minimum absolute atomic E-state index is 0.194. The number of aliphatic hydroxyl groups is 1. The van der Waals surface area contributed by atoms with Crippen molar-refractivity contribution in [3.05, 3.63) is 29.8 Å². The van der Waals surface area contributed by atoms with E-state index in [1.54, 1.807) is 0 Å². The Bertz CT molecular complexity index is 346. The summed E-state index contributed by atoms with van der Waals surface area (Å²) in [5.74, 6) is 0. The monoisotopic (exact) mass is 205 g/mol. The Balaban J connectivity index is 2.09. The number of hydrogen-bond donors (Lipinski definition) is 2. The zero-order valence-corrected chi connectivity index (χ0v) is 9.46. The highest BCUT2D eigenvalue weighted by Gasteiger charge is 2.36. The van der Waals surface area contributed by atoms with Gasteiger partial charge >= 0.3 is 0 Å². The molecule has 0 saturated heterocycles. The van der Waals surface area contributed by atoms with Crippen LogP contribution < -0.4 is 5.32 Å². The van der Waals surface area contributed by atoms with Crippen LogP contribution in [0.3, 0.4) is 0 Å². The lowest BCUT2D eigenvalue weighted by atomic mass is 10.0. The average Bonchev–Trinajstić information content (AvgIpc) is 2.46. The van der Waals surface area contributed by atoms with Gasteiger partial charge in [0.1, 0.15) is 0 Å². The second kappa shape index (κ2) is 3.86. The maximum absolute atomic E-state index is 10.1. The van der Waals surface area contributed by atoms with Gasteiger partial charge in [-0.1, -0.05) is 12.1 Å². The first-order valence-electron chi connectivity index (χ1n) is 5.63. The van der Waals surface area contributed by atoms with Gasteiger partial charge in [0.15, 0.2) is 0 Å². The Labute approximate surface area is 91.3 Å². The molecule has 15 heavy (non-hydrogen) atoms. The standard InChI is InChI=1S/C13H19NO/c1-10-5-3-6-11(9-10)14-12-7-4-8-13(12,2)15/h3,5-6,9,12,14-15H,4,7-8H2,1-2H3. The van der Waals surface area contributed by atoms with Crippen molar-refractivity contribution < 1.29 is 5.11 Å². The Kier molecular flexibility index (Phi) is 2.70. The molecule has 1 aliphatic rings. The van der Waals surface area contributed by atoms with Crippen molar-refractivity contribution in [1.29, 1.82) is 0 Å². The van der Waals surface area contributed by atoms with Gasteiger partial charge in [-0.2, -0.15) is 0 Å². The van der Waals surface area contributed by atoms with E-state index in [9.17, 15) is 5.11 Å². The minimum atomic E-state index is -0.552. The molecular weight excluding hydrogens is 186 g/mol. The summed E-state index contributed by atoms with van der Waals surface area (Å²) in [5.41, 5.74) is 1.81. The van der Waals surface area contributed by atoms with Gasteiger partial charge in [-0.05, 0) is 50.8 Å². The second-order valence-electron chi connectivity index (χ2n) is 4.82. The molecule has 2 nitrogen and oxygen atoms in total. The van der Waals surface area contributed by atoms with Crippen molar-refractivity contribution in [2.75, 3.05) is 5.32 Å². The average molecular weight is 205 g/mol. The largest absolute Gasteiger partial charge is 0.388 e. The molecule has 1 aromatic rings. The summed E-state index contributed by atoms with van der Waals surface area (Å²) in [6.45, 7) is 4.01. The zero-order valence-electron chi connectivity index (χ0n) is 9.46. The highest BCUT2D eigenvalue weighted by atomic mass is 16.3. The minimum Gasteiger partial charge on any atom is -0.388 e. The van der Waals surface area contributed by atoms with Crippen molar-refractivity contribution in [2.24, 2.45) is 0 Å².